The van der Waals surface area contributed by atoms with Crippen molar-refractivity contribution in [2.45, 2.75) is 46.7 Å². The van der Waals surface area contributed by atoms with Gasteiger partial charge in [-0.1, -0.05) is 19.9 Å². The number of nitrogens with zero attached hydrogens (tertiary/aromatic N) is 1. The summed E-state index contributed by atoms with van der Waals surface area (Å²) in [7, 11) is 1.67. The molecule has 2 rings (SSSR count). The first-order chi connectivity index (χ1) is 12.3. The van der Waals surface area contributed by atoms with Crippen molar-refractivity contribution in [1.82, 2.24) is 15.5 Å². The molecule has 1 fully saturated rings. The minimum atomic E-state index is -0.433. The molecule has 1 aromatic carbocycles. The molecule has 1 aliphatic rings. The first-order valence-electron chi connectivity index (χ1n) is 9.25. The van der Waals surface area contributed by atoms with Gasteiger partial charge in [0, 0.05) is 26.2 Å². The van der Waals surface area contributed by atoms with Gasteiger partial charge in [0.05, 0.1) is 19.6 Å². The molecule has 1 unspecified atom stereocenters. The van der Waals surface area contributed by atoms with Crippen LogP contribution < -0.4 is 15.4 Å². The molecule has 0 radical (unpaired) electrons. The highest BCUT2D eigenvalue weighted by atomic mass is 16.5. The summed E-state index contributed by atoms with van der Waals surface area (Å²) in [5, 5.41) is 5.79. The van der Waals surface area contributed by atoms with Gasteiger partial charge in [-0.2, -0.15) is 0 Å². The molecule has 0 bridgehead atoms. The van der Waals surface area contributed by atoms with Crippen LogP contribution in [-0.4, -0.2) is 49.5 Å². The molecule has 144 valence electrons. The summed E-state index contributed by atoms with van der Waals surface area (Å²) >= 11 is 0. The zero-order chi connectivity index (χ0) is 19.3. The third-order valence-corrected chi connectivity index (χ3v) is 4.97. The minimum absolute atomic E-state index is 0.0705. The molecule has 6 nitrogen and oxygen atoms in total. The fourth-order valence-electron chi connectivity index (χ4n) is 3.20. The standard InChI is InChI=1S/C20H31N3O3/c1-13(2)11-22-19(24)10-17-20(25)21-8-9-23(17)12-16-6-7-18(26-5)15(4)14(16)3/h6-7,13,17H,8-12H2,1-5H3,(H,21,25)(H,22,24). The number of benzene rings is 1. The normalized spacial score (nSPS) is 17.9. The number of carbonyl (C=O) groups is 2. The lowest BCUT2D eigenvalue weighted by Gasteiger charge is -2.35. The number of rotatable bonds is 7. The Morgan fingerprint density at radius 1 is 1.35 bits per heavy atom. The van der Waals surface area contributed by atoms with E-state index >= 15 is 0 Å². The average molecular weight is 361 g/mol. The maximum Gasteiger partial charge on any atom is 0.237 e. The van der Waals surface area contributed by atoms with E-state index in [4.69, 9.17) is 4.74 Å². The molecule has 0 aliphatic carbocycles. The molecule has 0 spiro atoms. The lowest BCUT2D eigenvalue weighted by atomic mass is 10.00. The third-order valence-electron chi connectivity index (χ3n) is 4.97. The molecule has 1 aliphatic heterocycles. The van der Waals surface area contributed by atoms with Crippen LogP contribution in [0.1, 0.15) is 37.0 Å². The second-order valence-corrected chi connectivity index (χ2v) is 7.36. The monoisotopic (exact) mass is 361 g/mol. The van der Waals surface area contributed by atoms with Gasteiger partial charge < -0.3 is 15.4 Å². The Balaban J connectivity index is 2.11. The summed E-state index contributed by atoms with van der Waals surface area (Å²) in [6, 6.07) is 3.58. The number of hydrogen-bond donors (Lipinski definition) is 2. The molecule has 2 amide bonds. The van der Waals surface area contributed by atoms with Gasteiger partial charge in [-0.05, 0) is 42.5 Å². The van der Waals surface area contributed by atoms with Gasteiger partial charge in [0.1, 0.15) is 5.75 Å². The van der Waals surface area contributed by atoms with Crippen molar-refractivity contribution >= 4 is 11.8 Å². The highest BCUT2D eigenvalue weighted by Gasteiger charge is 2.31. The SMILES string of the molecule is COc1ccc(CN2CCNC(=O)C2CC(=O)NCC(C)C)c(C)c1C. The predicted octanol–water partition coefficient (Wildman–Crippen LogP) is 1.77. The van der Waals surface area contributed by atoms with Gasteiger partial charge in [-0.15, -0.1) is 0 Å². The molecular weight excluding hydrogens is 330 g/mol. The summed E-state index contributed by atoms with van der Waals surface area (Å²) in [4.78, 5) is 26.7. The zero-order valence-electron chi connectivity index (χ0n) is 16.5. The van der Waals surface area contributed by atoms with E-state index in [9.17, 15) is 9.59 Å². The average Bonchev–Trinajstić information content (AvgIpc) is 2.60. The largest absolute Gasteiger partial charge is 0.496 e. The molecule has 1 aromatic rings. The second-order valence-electron chi connectivity index (χ2n) is 7.36. The Labute approximate surface area is 156 Å². The van der Waals surface area contributed by atoms with Crippen LogP contribution in [0, 0.1) is 19.8 Å². The number of amides is 2. The van der Waals surface area contributed by atoms with Gasteiger partial charge in [0.15, 0.2) is 0 Å². The van der Waals surface area contributed by atoms with Crippen molar-refractivity contribution in [2.75, 3.05) is 26.7 Å². The maximum atomic E-state index is 12.4. The Morgan fingerprint density at radius 2 is 2.08 bits per heavy atom. The summed E-state index contributed by atoms with van der Waals surface area (Å²) in [5.41, 5.74) is 3.43. The van der Waals surface area contributed by atoms with E-state index < -0.39 is 6.04 Å². The van der Waals surface area contributed by atoms with Crippen LogP contribution in [0.3, 0.4) is 0 Å². The minimum Gasteiger partial charge on any atom is -0.496 e. The molecule has 0 saturated carbocycles. The maximum absolute atomic E-state index is 12.4. The van der Waals surface area contributed by atoms with E-state index in [1.807, 2.05) is 19.1 Å². The number of carbonyl (C=O) groups excluding carboxylic acids is 2. The Hall–Kier alpha value is -2.08. The smallest absolute Gasteiger partial charge is 0.237 e. The van der Waals surface area contributed by atoms with Crippen LogP contribution in [0.2, 0.25) is 0 Å². The Bertz CT molecular complexity index is 658. The number of piperazine rings is 1. The Morgan fingerprint density at radius 3 is 2.73 bits per heavy atom. The van der Waals surface area contributed by atoms with Crippen molar-refractivity contribution in [3.05, 3.63) is 28.8 Å². The quantitative estimate of drug-likeness (QED) is 0.777. The van der Waals surface area contributed by atoms with Crippen molar-refractivity contribution in [3.63, 3.8) is 0 Å². The number of ether oxygens (including phenoxy) is 1. The van der Waals surface area contributed by atoms with Gasteiger partial charge >= 0.3 is 0 Å². The first kappa shape index (κ1) is 20.2. The first-order valence-corrected chi connectivity index (χ1v) is 9.25. The van der Waals surface area contributed by atoms with E-state index in [-0.39, 0.29) is 18.2 Å². The van der Waals surface area contributed by atoms with Crippen LogP contribution in [0.15, 0.2) is 12.1 Å². The van der Waals surface area contributed by atoms with E-state index in [0.29, 0.717) is 25.6 Å². The van der Waals surface area contributed by atoms with Crippen molar-refractivity contribution in [2.24, 2.45) is 5.92 Å². The topological polar surface area (TPSA) is 70.7 Å². The molecule has 1 atom stereocenters. The Kier molecular flexibility index (Phi) is 7.03. The summed E-state index contributed by atoms with van der Waals surface area (Å²) in [6.07, 6.45) is 0.187. The highest BCUT2D eigenvalue weighted by molar-refractivity contribution is 5.88. The predicted molar refractivity (Wildman–Crippen MR) is 102 cm³/mol. The van der Waals surface area contributed by atoms with Crippen LogP contribution in [0.5, 0.6) is 5.75 Å². The van der Waals surface area contributed by atoms with Crippen LogP contribution >= 0.6 is 0 Å². The van der Waals surface area contributed by atoms with E-state index in [1.54, 1.807) is 7.11 Å². The van der Waals surface area contributed by atoms with Crippen molar-refractivity contribution in [1.29, 1.82) is 0 Å². The number of methoxy groups -OCH3 is 1. The zero-order valence-corrected chi connectivity index (χ0v) is 16.5. The second kappa shape index (κ2) is 9.03. The van der Waals surface area contributed by atoms with Gasteiger partial charge in [0.2, 0.25) is 11.8 Å². The van der Waals surface area contributed by atoms with Crippen molar-refractivity contribution < 1.29 is 14.3 Å². The lowest BCUT2D eigenvalue weighted by molar-refractivity contribution is -0.134. The molecule has 1 saturated heterocycles. The van der Waals surface area contributed by atoms with Gasteiger partial charge in [-0.25, -0.2) is 0 Å². The molecule has 6 heteroatoms. The highest BCUT2D eigenvalue weighted by Crippen LogP contribution is 2.25. The fraction of sp³-hybridized carbons (Fsp3) is 0.600. The molecular formula is C20H31N3O3. The number of hydrogen-bond acceptors (Lipinski definition) is 4. The van der Waals surface area contributed by atoms with Crippen molar-refractivity contribution in [3.8, 4) is 5.75 Å². The summed E-state index contributed by atoms with van der Waals surface area (Å²) in [5.74, 6) is 1.11. The van der Waals surface area contributed by atoms with Crippen LogP contribution in [0.25, 0.3) is 0 Å². The van der Waals surface area contributed by atoms with Gasteiger partial charge in [-0.3, -0.25) is 14.5 Å². The molecule has 1 heterocycles. The van der Waals surface area contributed by atoms with Gasteiger partial charge in [0.25, 0.3) is 0 Å². The van der Waals surface area contributed by atoms with Crippen LogP contribution in [-0.2, 0) is 16.1 Å². The van der Waals surface area contributed by atoms with E-state index in [1.165, 1.54) is 5.56 Å². The van der Waals surface area contributed by atoms with E-state index in [0.717, 1.165) is 23.4 Å². The summed E-state index contributed by atoms with van der Waals surface area (Å²) < 4.78 is 5.38. The third kappa shape index (κ3) is 4.97. The number of nitrogens with one attached hydrogen (secondary N) is 2. The summed E-state index contributed by atoms with van der Waals surface area (Å²) in [6.45, 7) is 10.8. The molecule has 0 aromatic heterocycles. The lowest BCUT2D eigenvalue weighted by Crippen LogP contribution is -2.56. The molecule has 26 heavy (non-hydrogen) atoms. The van der Waals surface area contributed by atoms with Crippen LogP contribution in [0.4, 0.5) is 0 Å². The van der Waals surface area contributed by atoms with E-state index in [2.05, 4.69) is 36.3 Å². The fourth-order valence-corrected chi connectivity index (χ4v) is 3.20. The molecule has 2 N–H and O–H groups in total.